The molecule has 186 valence electrons. The van der Waals surface area contributed by atoms with Crippen LogP contribution in [0.4, 0.5) is 5.69 Å². The molecule has 0 atom stereocenters. The summed E-state index contributed by atoms with van der Waals surface area (Å²) in [5.41, 5.74) is 1.85. The van der Waals surface area contributed by atoms with Gasteiger partial charge in [0.05, 0.1) is 18.8 Å². The first-order chi connectivity index (χ1) is 18.0. The van der Waals surface area contributed by atoms with Gasteiger partial charge >= 0.3 is 0 Å². The molecule has 0 fully saturated rings. The molecular weight excluding hydrogens is 494 g/mol. The molecule has 0 spiro atoms. The molecule has 0 aliphatic carbocycles. The van der Waals surface area contributed by atoms with Crippen molar-refractivity contribution in [1.29, 1.82) is 0 Å². The molecule has 3 aromatic heterocycles. The number of hydrogen-bond acceptors (Lipinski definition) is 9. The summed E-state index contributed by atoms with van der Waals surface area (Å²) in [4.78, 5) is 34.2. The smallest absolute Gasteiger partial charge is 0.291 e. The van der Waals surface area contributed by atoms with Crippen molar-refractivity contribution in [2.24, 2.45) is 0 Å². The first kappa shape index (κ1) is 23.9. The summed E-state index contributed by atoms with van der Waals surface area (Å²) >= 11 is 1.24. The van der Waals surface area contributed by atoms with E-state index in [0.29, 0.717) is 38.3 Å². The average molecular weight is 516 g/mol. The van der Waals surface area contributed by atoms with Gasteiger partial charge in [0.1, 0.15) is 5.75 Å². The van der Waals surface area contributed by atoms with Crippen molar-refractivity contribution in [3.05, 3.63) is 87.4 Å². The molecule has 1 N–H and O–H groups in total. The van der Waals surface area contributed by atoms with Gasteiger partial charge < -0.3 is 19.5 Å². The van der Waals surface area contributed by atoms with Gasteiger partial charge in [-0.3, -0.25) is 14.6 Å². The zero-order valence-corrected chi connectivity index (χ0v) is 20.7. The van der Waals surface area contributed by atoms with Gasteiger partial charge in [0, 0.05) is 29.7 Å². The van der Waals surface area contributed by atoms with Crippen molar-refractivity contribution < 1.29 is 19.0 Å². The number of nitrogens with zero attached hydrogens (tertiary/aromatic N) is 4. The Kier molecular flexibility index (Phi) is 6.77. The number of carbonyl (C=O) groups excluding carboxylic acids is 1. The van der Waals surface area contributed by atoms with Crippen LogP contribution in [0.15, 0.2) is 71.8 Å². The van der Waals surface area contributed by atoms with Crippen LogP contribution < -0.4 is 29.6 Å². The third-order valence-corrected chi connectivity index (χ3v) is 6.28. The fourth-order valence-electron chi connectivity index (χ4n) is 3.54. The fourth-order valence-corrected chi connectivity index (χ4v) is 4.45. The number of anilines is 1. The molecule has 0 saturated carbocycles. The monoisotopic (exact) mass is 515 g/mol. The summed E-state index contributed by atoms with van der Waals surface area (Å²) in [6.07, 6.45) is 5.03. The highest BCUT2D eigenvalue weighted by molar-refractivity contribution is 7.15. The Morgan fingerprint density at radius 2 is 1.89 bits per heavy atom. The Hall–Kier alpha value is -4.77. The second-order valence-corrected chi connectivity index (χ2v) is 8.77. The average Bonchev–Trinajstić information content (AvgIpc) is 3.47. The van der Waals surface area contributed by atoms with Gasteiger partial charge in [-0.2, -0.15) is 9.50 Å². The van der Waals surface area contributed by atoms with Crippen LogP contribution >= 0.6 is 11.3 Å². The summed E-state index contributed by atoms with van der Waals surface area (Å²) in [6.45, 7) is -0.213. The molecule has 5 rings (SSSR count). The molecule has 3 heterocycles. The summed E-state index contributed by atoms with van der Waals surface area (Å²) < 4.78 is 18.0. The molecule has 11 heteroatoms. The van der Waals surface area contributed by atoms with Crippen molar-refractivity contribution >= 4 is 34.0 Å². The van der Waals surface area contributed by atoms with Crippen LogP contribution in [-0.2, 0) is 4.79 Å². The van der Waals surface area contributed by atoms with Gasteiger partial charge in [-0.1, -0.05) is 23.5 Å². The fraction of sp³-hybridized carbons (Fsp3) is 0.115. The van der Waals surface area contributed by atoms with Crippen LogP contribution in [0.25, 0.3) is 22.4 Å². The number of benzene rings is 2. The highest BCUT2D eigenvalue weighted by Gasteiger charge is 2.13. The maximum Gasteiger partial charge on any atom is 0.291 e. The van der Waals surface area contributed by atoms with Gasteiger partial charge in [0.15, 0.2) is 23.9 Å². The highest BCUT2D eigenvalue weighted by Crippen LogP contribution is 2.28. The Bertz CT molecular complexity index is 1680. The first-order valence-electron chi connectivity index (χ1n) is 11.1. The van der Waals surface area contributed by atoms with E-state index < -0.39 is 0 Å². The molecule has 10 nitrogen and oxygen atoms in total. The van der Waals surface area contributed by atoms with Crippen LogP contribution in [0.1, 0.15) is 5.56 Å². The SMILES string of the molecule is COc1cccc(NC(=O)COc2ccc(/C=c3\sc4nc(-c5ccncc5)nn4c3=O)cc2OC)c1. The molecule has 0 aliphatic rings. The third-order valence-electron chi connectivity index (χ3n) is 5.32. The van der Waals surface area contributed by atoms with Crippen molar-refractivity contribution in [3.8, 4) is 28.6 Å². The normalized spacial score (nSPS) is 11.5. The van der Waals surface area contributed by atoms with Crippen LogP contribution in [-0.4, -0.2) is 46.3 Å². The van der Waals surface area contributed by atoms with Gasteiger partial charge in [-0.05, 0) is 48.0 Å². The number of aromatic nitrogens is 4. The lowest BCUT2D eigenvalue weighted by Crippen LogP contribution is -2.23. The number of fused-ring (bicyclic) bond motifs is 1. The van der Waals surface area contributed by atoms with E-state index in [1.807, 2.05) is 0 Å². The zero-order valence-electron chi connectivity index (χ0n) is 19.9. The van der Waals surface area contributed by atoms with E-state index in [0.717, 1.165) is 11.1 Å². The minimum Gasteiger partial charge on any atom is -0.497 e. The summed E-state index contributed by atoms with van der Waals surface area (Å²) in [5.74, 6) is 1.60. The second kappa shape index (κ2) is 10.5. The largest absolute Gasteiger partial charge is 0.497 e. The number of amides is 1. The zero-order chi connectivity index (χ0) is 25.8. The van der Waals surface area contributed by atoms with Crippen LogP contribution in [0.3, 0.4) is 0 Å². The van der Waals surface area contributed by atoms with Crippen LogP contribution in [0.5, 0.6) is 17.2 Å². The predicted molar refractivity (Wildman–Crippen MR) is 139 cm³/mol. The Labute approximate surface area is 214 Å². The lowest BCUT2D eigenvalue weighted by atomic mass is 10.2. The van der Waals surface area contributed by atoms with E-state index >= 15 is 0 Å². The standard InChI is InChI=1S/C26H21N5O5S/c1-34-19-5-3-4-18(14-19)28-23(32)15-36-20-7-6-16(12-21(20)35-2)13-22-25(33)31-26(37-22)29-24(30-31)17-8-10-27-11-9-17/h3-14H,15H2,1-2H3,(H,28,32)/b22-13-. The van der Waals surface area contributed by atoms with E-state index in [2.05, 4.69) is 20.4 Å². The van der Waals surface area contributed by atoms with Gasteiger partial charge in [0.2, 0.25) is 4.96 Å². The molecule has 0 bridgehead atoms. The minimum atomic E-state index is -0.331. The summed E-state index contributed by atoms with van der Waals surface area (Å²) in [6, 6.07) is 15.8. The Morgan fingerprint density at radius 1 is 1.05 bits per heavy atom. The van der Waals surface area contributed by atoms with Crippen LogP contribution in [0.2, 0.25) is 0 Å². The van der Waals surface area contributed by atoms with Crippen molar-refractivity contribution in [1.82, 2.24) is 19.6 Å². The topological polar surface area (TPSA) is 117 Å². The minimum absolute atomic E-state index is 0.213. The third kappa shape index (κ3) is 5.26. The van der Waals surface area contributed by atoms with Gasteiger partial charge in [-0.15, -0.1) is 5.10 Å². The van der Waals surface area contributed by atoms with Gasteiger partial charge in [0.25, 0.3) is 11.5 Å². The molecule has 0 radical (unpaired) electrons. The molecule has 2 aromatic carbocycles. The molecule has 37 heavy (non-hydrogen) atoms. The number of hydrogen-bond donors (Lipinski definition) is 1. The summed E-state index contributed by atoms with van der Waals surface area (Å²) in [5, 5.41) is 7.10. The number of rotatable bonds is 8. The predicted octanol–water partition coefficient (Wildman–Crippen LogP) is 2.80. The maximum atomic E-state index is 12.9. The number of thiazole rings is 1. The number of ether oxygens (including phenoxy) is 3. The van der Waals surface area contributed by atoms with E-state index in [4.69, 9.17) is 14.2 Å². The molecule has 0 aliphatic heterocycles. The van der Waals surface area contributed by atoms with E-state index in [1.165, 1.54) is 23.0 Å². The second-order valence-electron chi connectivity index (χ2n) is 7.76. The highest BCUT2D eigenvalue weighted by atomic mass is 32.1. The van der Waals surface area contributed by atoms with E-state index in [1.54, 1.807) is 80.2 Å². The van der Waals surface area contributed by atoms with E-state index in [9.17, 15) is 9.59 Å². The quantitative estimate of drug-likeness (QED) is 0.335. The van der Waals surface area contributed by atoms with Crippen LogP contribution in [0, 0.1) is 0 Å². The summed E-state index contributed by atoms with van der Waals surface area (Å²) in [7, 11) is 3.06. The molecule has 0 unspecified atom stereocenters. The molecule has 0 saturated heterocycles. The van der Waals surface area contributed by atoms with Crippen molar-refractivity contribution in [2.45, 2.75) is 0 Å². The van der Waals surface area contributed by atoms with Gasteiger partial charge in [-0.25, -0.2) is 0 Å². The molecule has 1 amide bonds. The van der Waals surface area contributed by atoms with Crippen molar-refractivity contribution in [2.75, 3.05) is 26.1 Å². The lowest BCUT2D eigenvalue weighted by Gasteiger charge is -2.12. The first-order valence-corrected chi connectivity index (χ1v) is 11.9. The maximum absolute atomic E-state index is 12.9. The van der Waals surface area contributed by atoms with Crippen molar-refractivity contribution in [3.63, 3.8) is 0 Å². The number of methoxy groups -OCH3 is 2. The number of pyridine rings is 1. The number of nitrogens with one attached hydrogen (secondary N) is 1. The molecular formula is C26H21N5O5S. The Morgan fingerprint density at radius 3 is 2.65 bits per heavy atom. The Balaban J connectivity index is 1.32. The van der Waals surface area contributed by atoms with E-state index in [-0.39, 0.29) is 18.1 Å². The molecule has 5 aromatic rings. The lowest BCUT2D eigenvalue weighted by molar-refractivity contribution is -0.118. The number of carbonyl (C=O) groups is 1.